The predicted molar refractivity (Wildman–Crippen MR) is 92.2 cm³/mol. The molecule has 0 aliphatic heterocycles. The average molecular weight is 345 g/mol. The Hall–Kier alpha value is -2.12. The summed E-state index contributed by atoms with van der Waals surface area (Å²) in [6, 6.07) is 11.5. The Morgan fingerprint density at radius 1 is 1.26 bits per heavy atom. The van der Waals surface area contributed by atoms with E-state index >= 15 is 0 Å². The molecule has 0 radical (unpaired) electrons. The number of carbonyl (C=O) groups excluding carboxylic acids is 1. The summed E-state index contributed by atoms with van der Waals surface area (Å²) in [5.74, 6) is 1.22. The molecule has 0 saturated heterocycles. The summed E-state index contributed by atoms with van der Waals surface area (Å²) in [7, 11) is 0. The van der Waals surface area contributed by atoms with E-state index in [4.69, 9.17) is 4.42 Å². The molecule has 0 spiro atoms. The topological polar surface area (TPSA) is 68.0 Å². The van der Waals surface area contributed by atoms with Crippen molar-refractivity contribution in [2.24, 2.45) is 0 Å². The molecule has 1 N–H and O–H groups in total. The van der Waals surface area contributed by atoms with Gasteiger partial charge in [-0.3, -0.25) is 10.1 Å². The van der Waals surface area contributed by atoms with Gasteiger partial charge in [-0.15, -0.1) is 28.2 Å². The van der Waals surface area contributed by atoms with E-state index in [9.17, 15) is 4.79 Å². The molecule has 0 unspecified atom stereocenters. The van der Waals surface area contributed by atoms with Crippen molar-refractivity contribution in [3.05, 3.63) is 58.1 Å². The summed E-state index contributed by atoms with van der Waals surface area (Å²) in [6.45, 7) is 2.09. The number of thiophene rings is 1. The van der Waals surface area contributed by atoms with Gasteiger partial charge in [0, 0.05) is 15.3 Å². The van der Waals surface area contributed by atoms with E-state index in [1.807, 2.05) is 29.6 Å². The molecule has 2 aromatic heterocycles. The minimum Gasteiger partial charge on any atom is -0.407 e. The fourth-order valence-electron chi connectivity index (χ4n) is 1.98. The molecule has 7 heteroatoms. The van der Waals surface area contributed by atoms with Crippen LogP contribution in [0.5, 0.6) is 0 Å². The summed E-state index contributed by atoms with van der Waals surface area (Å²) in [5.41, 5.74) is 0.559. The summed E-state index contributed by atoms with van der Waals surface area (Å²) >= 11 is 3.36. The first kappa shape index (κ1) is 15.8. The maximum Gasteiger partial charge on any atom is 0.322 e. The largest absolute Gasteiger partial charge is 0.407 e. The molecule has 118 valence electrons. The third-order valence-electron chi connectivity index (χ3n) is 3.02. The molecule has 1 amide bonds. The second-order valence-electron chi connectivity index (χ2n) is 4.67. The van der Waals surface area contributed by atoms with E-state index in [1.165, 1.54) is 0 Å². The number of nitrogens with zero attached hydrogens (tertiary/aromatic N) is 2. The first-order chi connectivity index (χ1) is 11.2. The van der Waals surface area contributed by atoms with Crippen molar-refractivity contribution < 1.29 is 9.21 Å². The van der Waals surface area contributed by atoms with Crippen LogP contribution < -0.4 is 5.32 Å². The van der Waals surface area contributed by atoms with Crippen LogP contribution in [0.3, 0.4) is 0 Å². The SMILES string of the molecule is CCSc1ccc(C(=O)Nc2nnc(Cc3cccs3)o2)cc1. The molecule has 0 bridgehead atoms. The van der Waals surface area contributed by atoms with Gasteiger partial charge in [-0.1, -0.05) is 18.1 Å². The van der Waals surface area contributed by atoms with Crippen LogP contribution in [0.4, 0.5) is 6.01 Å². The van der Waals surface area contributed by atoms with Gasteiger partial charge in [-0.05, 0) is 41.5 Å². The van der Waals surface area contributed by atoms with Crippen LogP contribution in [0, 0.1) is 0 Å². The molecule has 3 rings (SSSR count). The number of benzene rings is 1. The Kier molecular flexibility index (Phi) is 5.09. The summed E-state index contributed by atoms with van der Waals surface area (Å²) in [4.78, 5) is 14.4. The third-order valence-corrected chi connectivity index (χ3v) is 4.79. The third kappa shape index (κ3) is 4.20. The summed E-state index contributed by atoms with van der Waals surface area (Å²) < 4.78 is 5.46. The number of aromatic nitrogens is 2. The quantitative estimate of drug-likeness (QED) is 0.682. The number of carbonyl (C=O) groups is 1. The van der Waals surface area contributed by atoms with Crippen LogP contribution in [0.1, 0.15) is 28.0 Å². The van der Waals surface area contributed by atoms with Crippen molar-refractivity contribution >= 4 is 35.0 Å². The highest BCUT2D eigenvalue weighted by Gasteiger charge is 2.12. The minimum absolute atomic E-state index is 0.119. The van der Waals surface area contributed by atoms with Crippen LogP contribution in [0.2, 0.25) is 0 Å². The lowest BCUT2D eigenvalue weighted by Crippen LogP contribution is -2.11. The Bertz CT molecular complexity index is 767. The number of nitrogens with one attached hydrogen (secondary N) is 1. The summed E-state index contributed by atoms with van der Waals surface area (Å²) in [5, 5.41) is 12.4. The number of hydrogen-bond donors (Lipinski definition) is 1. The van der Waals surface area contributed by atoms with Gasteiger partial charge in [0.05, 0.1) is 6.42 Å². The van der Waals surface area contributed by atoms with E-state index in [-0.39, 0.29) is 11.9 Å². The van der Waals surface area contributed by atoms with Crippen molar-refractivity contribution in [2.75, 3.05) is 11.1 Å². The Morgan fingerprint density at radius 3 is 2.78 bits per heavy atom. The predicted octanol–water partition coefficient (Wildman–Crippen LogP) is 4.09. The highest BCUT2D eigenvalue weighted by atomic mass is 32.2. The highest BCUT2D eigenvalue weighted by molar-refractivity contribution is 7.99. The fraction of sp³-hybridized carbons (Fsp3) is 0.188. The normalized spacial score (nSPS) is 10.7. The van der Waals surface area contributed by atoms with Gasteiger partial charge in [0.1, 0.15) is 0 Å². The highest BCUT2D eigenvalue weighted by Crippen LogP contribution is 2.19. The van der Waals surface area contributed by atoms with E-state index in [1.54, 1.807) is 35.2 Å². The van der Waals surface area contributed by atoms with Crippen LogP contribution in [-0.4, -0.2) is 21.9 Å². The molecule has 1 aromatic carbocycles. The minimum atomic E-state index is -0.260. The van der Waals surface area contributed by atoms with Crippen molar-refractivity contribution in [1.29, 1.82) is 0 Å². The van der Waals surface area contributed by atoms with E-state index < -0.39 is 0 Å². The van der Waals surface area contributed by atoms with Gasteiger partial charge in [0.25, 0.3) is 5.91 Å². The molecule has 0 aliphatic carbocycles. The zero-order chi connectivity index (χ0) is 16.1. The maximum absolute atomic E-state index is 12.2. The zero-order valence-corrected chi connectivity index (χ0v) is 14.1. The fourth-order valence-corrected chi connectivity index (χ4v) is 3.33. The van der Waals surface area contributed by atoms with E-state index in [0.29, 0.717) is 17.9 Å². The van der Waals surface area contributed by atoms with Crippen molar-refractivity contribution in [3.63, 3.8) is 0 Å². The van der Waals surface area contributed by atoms with E-state index in [0.717, 1.165) is 15.5 Å². The van der Waals surface area contributed by atoms with E-state index in [2.05, 4.69) is 22.4 Å². The second kappa shape index (κ2) is 7.43. The number of amides is 1. The van der Waals surface area contributed by atoms with Crippen LogP contribution in [0.15, 0.2) is 51.1 Å². The van der Waals surface area contributed by atoms with Crippen LogP contribution in [-0.2, 0) is 6.42 Å². The monoisotopic (exact) mass is 345 g/mol. The average Bonchev–Trinajstić information content (AvgIpc) is 3.21. The standard InChI is InChI=1S/C16H15N3O2S2/c1-2-22-12-7-5-11(6-8-12)15(20)17-16-19-18-14(21-16)10-13-4-3-9-23-13/h3-9H,2,10H2,1H3,(H,17,19,20). The van der Waals surface area contributed by atoms with Crippen molar-refractivity contribution in [2.45, 2.75) is 18.2 Å². The second-order valence-corrected chi connectivity index (χ2v) is 7.04. The lowest BCUT2D eigenvalue weighted by Gasteiger charge is -2.02. The number of rotatable bonds is 6. The van der Waals surface area contributed by atoms with Gasteiger partial charge in [0.2, 0.25) is 5.89 Å². The van der Waals surface area contributed by atoms with Gasteiger partial charge in [0.15, 0.2) is 0 Å². The van der Waals surface area contributed by atoms with Crippen molar-refractivity contribution in [1.82, 2.24) is 10.2 Å². The molecular weight excluding hydrogens is 330 g/mol. The first-order valence-corrected chi connectivity index (χ1v) is 9.00. The molecule has 5 nitrogen and oxygen atoms in total. The Morgan fingerprint density at radius 2 is 2.09 bits per heavy atom. The Labute approximate surface area is 142 Å². The smallest absolute Gasteiger partial charge is 0.322 e. The molecule has 3 aromatic rings. The maximum atomic E-state index is 12.2. The summed E-state index contributed by atoms with van der Waals surface area (Å²) in [6.07, 6.45) is 0.573. The molecule has 2 heterocycles. The Balaban J connectivity index is 1.62. The first-order valence-electron chi connectivity index (χ1n) is 7.13. The molecule has 0 fully saturated rings. The molecule has 0 saturated carbocycles. The lowest BCUT2D eigenvalue weighted by molar-refractivity contribution is 0.102. The number of thioether (sulfide) groups is 1. The molecule has 0 atom stereocenters. The van der Waals surface area contributed by atoms with Crippen molar-refractivity contribution in [3.8, 4) is 0 Å². The number of anilines is 1. The van der Waals surface area contributed by atoms with Gasteiger partial charge < -0.3 is 4.42 Å². The van der Waals surface area contributed by atoms with Gasteiger partial charge in [-0.25, -0.2) is 0 Å². The lowest BCUT2D eigenvalue weighted by atomic mass is 10.2. The molecule has 0 aliphatic rings. The molecule has 23 heavy (non-hydrogen) atoms. The van der Waals surface area contributed by atoms with Crippen LogP contribution >= 0.6 is 23.1 Å². The van der Waals surface area contributed by atoms with Crippen LogP contribution in [0.25, 0.3) is 0 Å². The molecular formula is C16H15N3O2S2. The van der Waals surface area contributed by atoms with Gasteiger partial charge in [-0.2, -0.15) is 0 Å². The zero-order valence-electron chi connectivity index (χ0n) is 12.5. The number of hydrogen-bond acceptors (Lipinski definition) is 6. The van der Waals surface area contributed by atoms with Gasteiger partial charge >= 0.3 is 6.01 Å².